The number of alkyl halides is 4. The number of hydrogen-bond acceptors (Lipinski definition) is 4. The fourth-order valence-electron chi connectivity index (χ4n) is 3.21. The van der Waals surface area contributed by atoms with Crippen LogP contribution in [0.5, 0.6) is 11.6 Å². The highest BCUT2D eigenvalue weighted by atomic mass is 19.3. The first-order valence-electron chi connectivity index (χ1n) is 10.0. The second-order valence-corrected chi connectivity index (χ2v) is 7.63. The Morgan fingerprint density at radius 1 is 1.09 bits per heavy atom. The Hall–Kier alpha value is -3.89. The van der Waals surface area contributed by atoms with Crippen LogP contribution >= 0.6 is 0 Å². The van der Waals surface area contributed by atoms with E-state index in [1.807, 2.05) is 0 Å². The number of aromatic carboxylic acids is 1. The molecule has 1 aromatic heterocycles. The summed E-state index contributed by atoms with van der Waals surface area (Å²) in [6.45, 7) is 2.33. The SMILES string of the molecule is CC(NC(=O)c1c(C(F)F)nn(C)c1Oc1ccc(C(C)(F)F)cc1)c1ccc(C(=O)O)cc1. The molecule has 0 radical (unpaired) electrons. The van der Waals surface area contributed by atoms with Crippen LogP contribution in [0.2, 0.25) is 0 Å². The summed E-state index contributed by atoms with van der Waals surface area (Å²) in [5, 5.41) is 15.3. The van der Waals surface area contributed by atoms with Gasteiger partial charge in [-0.25, -0.2) is 27.0 Å². The highest BCUT2D eigenvalue weighted by Gasteiger charge is 2.31. The molecule has 0 aliphatic heterocycles. The van der Waals surface area contributed by atoms with E-state index in [2.05, 4.69) is 10.4 Å². The highest BCUT2D eigenvalue weighted by Crippen LogP contribution is 2.34. The van der Waals surface area contributed by atoms with Crippen molar-refractivity contribution in [3.8, 4) is 11.6 Å². The Balaban J connectivity index is 1.89. The smallest absolute Gasteiger partial charge is 0.335 e. The van der Waals surface area contributed by atoms with Crippen LogP contribution in [0.25, 0.3) is 0 Å². The number of carbonyl (C=O) groups excluding carboxylic acids is 1. The summed E-state index contributed by atoms with van der Waals surface area (Å²) in [5.41, 5.74) is -0.980. The number of aromatic nitrogens is 2. The van der Waals surface area contributed by atoms with E-state index in [1.54, 1.807) is 6.92 Å². The summed E-state index contributed by atoms with van der Waals surface area (Å²) in [7, 11) is 1.31. The van der Waals surface area contributed by atoms with Crippen molar-refractivity contribution in [3.63, 3.8) is 0 Å². The van der Waals surface area contributed by atoms with Crippen molar-refractivity contribution in [3.05, 3.63) is 76.5 Å². The molecule has 0 spiro atoms. The van der Waals surface area contributed by atoms with E-state index in [0.717, 1.165) is 23.7 Å². The number of carbonyl (C=O) groups is 2. The molecule has 2 aromatic carbocycles. The summed E-state index contributed by atoms with van der Waals surface area (Å²) in [6.07, 6.45) is -3.09. The van der Waals surface area contributed by atoms with Gasteiger partial charge >= 0.3 is 5.97 Å². The second kappa shape index (κ2) is 9.54. The minimum absolute atomic E-state index is 0.0446. The minimum atomic E-state index is -3.09. The number of rotatable bonds is 8. The van der Waals surface area contributed by atoms with E-state index in [9.17, 15) is 27.2 Å². The molecule has 1 atom stereocenters. The molecule has 0 fully saturated rings. The van der Waals surface area contributed by atoms with Gasteiger partial charge in [-0.3, -0.25) is 4.79 Å². The second-order valence-electron chi connectivity index (χ2n) is 7.63. The fraction of sp³-hybridized carbons (Fsp3) is 0.261. The van der Waals surface area contributed by atoms with Crippen molar-refractivity contribution >= 4 is 11.9 Å². The van der Waals surface area contributed by atoms with E-state index in [1.165, 1.54) is 43.4 Å². The Kier molecular flexibility index (Phi) is 6.94. The molecule has 1 heterocycles. The van der Waals surface area contributed by atoms with Gasteiger partial charge in [-0.2, -0.15) is 5.10 Å². The molecule has 3 aromatic rings. The molecule has 7 nitrogen and oxygen atoms in total. The van der Waals surface area contributed by atoms with Crippen LogP contribution in [0.4, 0.5) is 17.6 Å². The summed E-state index contributed by atoms with van der Waals surface area (Å²) in [5.74, 6) is -5.33. The van der Waals surface area contributed by atoms with Crippen LogP contribution in [-0.4, -0.2) is 26.8 Å². The average molecular weight is 479 g/mol. The number of amides is 1. The van der Waals surface area contributed by atoms with E-state index < -0.39 is 41.5 Å². The first-order valence-corrected chi connectivity index (χ1v) is 10.0. The predicted octanol–water partition coefficient (Wildman–Crippen LogP) is 5.45. The molecule has 2 N–H and O–H groups in total. The number of carboxylic acid groups (broad SMARTS) is 1. The quantitative estimate of drug-likeness (QED) is 0.419. The number of aryl methyl sites for hydroxylation is 1. The Morgan fingerprint density at radius 3 is 2.18 bits per heavy atom. The van der Waals surface area contributed by atoms with Gasteiger partial charge < -0.3 is 15.2 Å². The molecule has 0 bridgehead atoms. The maximum Gasteiger partial charge on any atom is 0.335 e. The van der Waals surface area contributed by atoms with Crippen molar-refractivity contribution in [1.82, 2.24) is 15.1 Å². The number of halogens is 4. The van der Waals surface area contributed by atoms with Gasteiger partial charge in [0, 0.05) is 19.5 Å². The minimum Gasteiger partial charge on any atom is -0.478 e. The molecule has 180 valence electrons. The van der Waals surface area contributed by atoms with Gasteiger partial charge in [-0.15, -0.1) is 0 Å². The topological polar surface area (TPSA) is 93.5 Å². The lowest BCUT2D eigenvalue weighted by Crippen LogP contribution is -2.27. The third-order valence-electron chi connectivity index (χ3n) is 5.04. The van der Waals surface area contributed by atoms with Gasteiger partial charge in [0.15, 0.2) is 0 Å². The van der Waals surface area contributed by atoms with E-state index in [-0.39, 0.29) is 22.8 Å². The van der Waals surface area contributed by atoms with Crippen LogP contribution < -0.4 is 10.1 Å². The number of carboxylic acids is 1. The van der Waals surface area contributed by atoms with Crippen molar-refractivity contribution in [2.75, 3.05) is 0 Å². The highest BCUT2D eigenvalue weighted by molar-refractivity contribution is 5.98. The summed E-state index contributed by atoms with van der Waals surface area (Å²) < 4.78 is 60.7. The summed E-state index contributed by atoms with van der Waals surface area (Å²) in [6, 6.07) is 9.75. The molecule has 3 rings (SSSR count). The van der Waals surface area contributed by atoms with Gasteiger partial charge in [0.2, 0.25) is 5.88 Å². The molecular formula is C23H21F4N3O4. The van der Waals surface area contributed by atoms with Crippen LogP contribution in [0.1, 0.15) is 63.9 Å². The zero-order valence-electron chi connectivity index (χ0n) is 18.4. The first-order chi connectivity index (χ1) is 15.9. The number of nitrogens with zero attached hydrogens (tertiary/aromatic N) is 2. The van der Waals surface area contributed by atoms with Gasteiger partial charge in [0.1, 0.15) is 17.0 Å². The fourth-order valence-corrected chi connectivity index (χ4v) is 3.21. The molecule has 0 saturated heterocycles. The molecule has 0 aliphatic rings. The van der Waals surface area contributed by atoms with Crippen LogP contribution in [0, 0.1) is 0 Å². The van der Waals surface area contributed by atoms with E-state index in [0.29, 0.717) is 5.56 Å². The molecule has 1 unspecified atom stereocenters. The summed E-state index contributed by atoms with van der Waals surface area (Å²) in [4.78, 5) is 24.0. The number of ether oxygens (including phenoxy) is 1. The maximum absolute atomic E-state index is 13.6. The van der Waals surface area contributed by atoms with Gasteiger partial charge in [0.25, 0.3) is 18.3 Å². The lowest BCUT2D eigenvalue weighted by atomic mass is 10.1. The normalized spacial score (nSPS) is 12.5. The lowest BCUT2D eigenvalue weighted by molar-refractivity contribution is 0.0174. The monoisotopic (exact) mass is 479 g/mol. The van der Waals surface area contributed by atoms with Crippen molar-refractivity contribution in [2.24, 2.45) is 7.05 Å². The molecule has 34 heavy (non-hydrogen) atoms. The molecule has 1 amide bonds. The largest absolute Gasteiger partial charge is 0.478 e. The first kappa shape index (κ1) is 24.7. The average Bonchev–Trinajstić information content (AvgIpc) is 3.10. The van der Waals surface area contributed by atoms with Crippen LogP contribution in [0.15, 0.2) is 48.5 Å². The number of hydrogen-bond donors (Lipinski definition) is 2. The van der Waals surface area contributed by atoms with Crippen molar-refractivity contribution in [2.45, 2.75) is 32.2 Å². The van der Waals surface area contributed by atoms with Gasteiger partial charge in [-0.1, -0.05) is 12.1 Å². The Morgan fingerprint density at radius 2 is 1.68 bits per heavy atom. The maximum atomic E-state index is 13.6. The van der Waals surface area contributed by atoms with Gasteiger partial charge in [0.05, 0.1) is 11.6 Å². The number of benzene rings is 2. The standard InChI is InChI=1S/C23H21F4N3O4/c1-12(13-4-6-14(7-5-13)22(32)33)28-20(31)17-18(19(24)25)29-30(3)21(17)34-16-10-8-15(9-11-16)23(2,26)27/h4-12,19H,1-3H3,(H,28,31)(H,32,33). The Bertz CT molecular complexity index is 1190. The number of nitrogens with one attached hydrogen (secondary N) is 1. The zero-order chi connectivity index (χ0) is 25.2. The third-order valence-corrected chi connectivity index (χ3v) is 5.04. The van der Waals surface area contributed by atoms with Crippen LogP contribution in [-0.2, 0) is 13.0 Å². The van der Waals surface area contributed by atoms with Gasteiger partial charge in [-0.05, 0) is 48.9 Å². The molecule has 0 saturated carbocycles. The van der Waals surface area contributed by atoms with Crippen LogP contribution in [0.3, 0.4) is 0 Å². The third kappa shape index (κ3) is 5.36. The van der Waals surface area contributed by atoms with E-state index in [4.69, 9.17) is 9.84 Å². The molecule has 0 aliphatic carbocycles. The van der Waals surface area contributed by atoms with Crippen molar-refractivity contribution in [1.29, 1.82) is 0 Å². The predicted molar refractivity (Wildman–Crippen MR) is 114 cm³/mol. The summed E-state index contributed by atoms with van der Waals surface area (Å²) >= 11 is 0. The molecular weight excluding hydrogens is 458 g/mol. The molecule has 11 heteroatoms. The van der Waals surface area contributed by atoms with Crippen molar-refractivity contribution < 1.29 is 37.0 Å². The Labute approximate surface area is 192 Å². The lowest BCUT2D eigenvalue weighted by Gasteiger charge is -2.16. The van der Waals surface area contributed by atoms with E-state index >= 15 is 0 Å². The zero-order valence-corrected chi connectivity index (χ0v) is 18.4.